The van der Waals surface area contributed by atoms with Crippen molar-refractivity contribution in [3.05, 3.63) is 0 Å². The monoisotopic (exact) mass is 946 g/mol. The Morgan fingerprint density at radius 2 is 0.542 bits per heavy atom. The van der Waals surface area contributed by atoms with Crippen molar-refractivity contribution in [2.45, 2.75) is 310 Å². The highest BCUT2D eigenvalue weighted by molar-refractivity contribution is 5.79. The van der Waals surface area contributed by atoms with Gasteiger partial charge in [-0.05, 0) is 32.1 Å². The lowest BCUT2D eigenvalue weighted by atomic mass is 10.0. The van der Waals surface area contributed by atoms with Crippen LogP contribution in [-0.4, -0.2) is 50.2 Å². The molecule has 356 valence electrons. The molecule has 1 atom stereocenters. The predicted octanol–water partition coefficient (Wildman–Crippen LogP) is 15.6. The fraction of sp³-hybridized carbons (Fsp3) is 0.982. The van der Waals surface area contributed by atoms with Crippen molar-refractivity contribution in [3.63, 3.8) is 0 Å². The van der Waals surface area contributed by atoms with Gasteiger partial charge in [-0.15, -0.1) is 0 Å². The summed E-state index contributed by atoms with van der Waals surface area (Å²) in [5.74, 6) is 0.317. The van der Waals surface area contributed by atoms with Crippen LogP contribution in [0.25, 0.3) is 0 Å². The van der Waals surface area contributed by atoms with Crippen LogP contribution >= 0.6 is 0 Å². The molecule has 0 radical (unpaired) electrons. The molecule has 0 heterocycles. The Labute approximate surface area is 391 Å². The molecule has 0 aliphatic carbocycles. The number of quaternary nitrogens is 1. The summed E-state index contributed by atoms with van der Waals surface area (Å²) < 4.78 is 7.17. The first-order valence-corrected chi connectivity index (χ1v) is 27.5. The zero-order valence-corrected chi connectivity index (χ0v) is 43.7. The first kappa shape index (κ1) is 61.4. The molecule has 0 saturated carbocycles. The molecule has 0 aliphatic heterocycles. The van der Waals surface area contributed by atoms with Gasteiger partial charge < -0.3 is 33.2 Å². The number of hydrogen-bond acceptors (Lipinski definition) is 2. The largest absolute Gasteiger partial charge is 1.00 e. The first-order chi connectivity index (χ1) is 28.6. The first-order valence-electron chi connectivity index (χ1n) is 27.5. The molecule has 0 fully saturated rings. The van der Waals surface area contributed by atoms with E-state index in [1.54, 1.807) is 0 Å². The van der Waals surface area contributed by atoms with E-state index in [0.717, 1.165) is 24.1 Å². The molecule has 4 heteroatoms. The highest BCUT2D eigenvalue weighted by atomic mass is 127. The maximum atomic E-state index is 12.6. The van der Waals surface area contributed by atoms with Gasteiger partial charge in [0, 0.05) is 6.42 Å². The number of likely N-dealkylation sites (N-methyl/N-ethyl adjacent to an activating group) is 1. The van der Waals surface area contributed by atoms with Gasteiger partial charge in [-0.3, -0.25) is 4.79 Å². The summed E-state index contributed by atoms with van der Waals surface area (Å²) in [6.45, 7) is 11.6. The molecule has 0 amide bonds. The van der Waals surface area contributed by atoms with E-state index < -0.39 is 0 Å². The summed E-state index contributed by atoms with van der Waals surface area (Å²) in [6, 6.07) is 0. The summed E-state index contributed by atoms with van der Waals surface area (Å²) in [5.41, 5.74) is 0. The third kappa shape index (κ3) is 50.8. The van der Waals surface area contributed by atoms with Crippen LogP contribution in [0.1, 0.15) is 310 Å². The Morgan fingerprint density at radius 3 is 0.797 bits per heavy atom. The minimum Gasteiger partial charge on any atom is -1.00 e. The van der Waals surface area contributed by atoms with Crippen molar-refractivity contribution >= 4 is 5.78 Å². The third-order valence-electron chi connectivity index (χ3n) is 13.5. The Bertz CT molecular complexity index is 776. The van der Waals surface area contributed by atoms with Crippen LogP contribution in [0.15, 0.2) is 0 Å². The molecule has 59 heavy (non-hydrogen) atoms. The van der Waals surface area contributed by atoms with Gasteiger partial charge >= 0.3 is 0 Å². The maximum Gasteiger partial charge on any atom is 0.158 e. The SMILES string of the molecule is CCCCCCCCCCCCCCCCCCCC[N+](C)(CCCCCCCCCCCC)CCOCC(=O)CCCCCCCCCCCCCCCCCC.[I-]. The number of unbranched alkanes of at least 4 members (excludes halogenated alkanes) is 41. The molecule has 0 aromatic rings. The van der Waals surface area contributed by atoms with Gasteiger partial charge in [0.2, 0.25) is 0 Å². The highest BCUT2D eigenvalue weighted by Gasteiger charge is 2.21. The summed E-state index contributed by atoms with van der Waals surface area (Å²) in [6.07, 6.45) is 62.5. The number of nitrogens with zero attached hydrogens (tertiary/aromatic N) is 1. The van der Waals surface area contributed by atoms with Gasteiger partial charge in [0.25, 0.3) is 0 Å². The van der Waals surface area contributed by atoms with E-state index in [0.29, 0.717) is 18.8 Å². The van der Waals surface area contributed by atoms with Gasteiger partial charge in [-0.25, -0.2) is 0 Å². The predicted molar refractivity (Wildman–Crippen MR) is 261 cm³/mol. The number of ketones is 1. The van der Waals surface area contributed by atoms with Crippen molar-refractivity contribution < 1.29 is 38.0 Å². The molecule has 0 aromatic carbocycles. The molecule has 0 saturated heterocycles. The minimum absolute atomic E-state index is 0. The van der Waals surface area contributed by atoms with Gasteiger partial charge in [0.05, 0.1) is 26.7 Å². The van der Waals surface area contributed by atoms with Gasteiger partial charge in [-0.1, -0.05) is 271 Å². The lowest BCUT2D eigenvalue weighted by Gasteiger charge is -2.35. The van der Waals surface area contributed by atoms with Gasteiger partial charge in [0.1, 0.15) is 13.2 Å². The second kappa shape index (κ2) is 52.7. The molecule has 1 unspecified atom stereocenters. The summed E-state index contributed by atoms with van der Waals surface area (Å²) in [5, 5.41) is 0. The van der Waals surface area contributed by atoms with Crippen LogP contribution in [0.3, 0.4) is 0 Å². The van der Waals surface area contributed by atoms with E-state index in [-0.39, 0.29) is 24.0 Å². The molecule has 0 rings (SSSR count). The van der Waals surface area contributed by atoms with Crippen LogP contribution in [0.2, 0.25) is 0 Å². The number of rotatable bonds is 52. The lowest BCUT2D eigenvalue weighted by Crippen LogP contribution is -3.00. The number of carbonyl (C=O) groups excluding carboxylic acids is 1. The number of carbonyl (C=O) groups is 1. The summed E-state index contributed by atoms with van der Waals surface area (Å²) >= 11 is 0. The highest BCUT2D eigenvalue weighted by Crippen LogP contribution is 2.18. The average molecular weight is 946 g/mol. The Balaban J connectivity index is 0. The van der Waals surface area contributed by atoms with E-state index in [9.17, 15) is 4.79 Å². The van der Waals surface area contributed by atoms with Crippen molar-refractivity contribution in [3.8, 4) is 0 Å². The van der Waals surface area contributed by atoms with Crippen LogP contribution in [0, 0.1) is 0 Å². The molecule has 0 bridgehead atoms. The molecule has 0 N–H and O–H groups in total. The van der Waals surface area contributed by atoms with Crippen LogP contribution in [0.4, 0.5) is 0 Å². The second-order valence-corrected chi connectivity index (χ2v) is 19.6. The molecule has 0 spiro atoms. The second-order valence-electron chi connectivity index (χ2n) is 19.6. The van der Waals surface area contributed by atoms with E-state index in [1.807, 2.05) is 0 Å². The van der Waals surface area contributed by atoms with Crippen molar-refractivity contribution in [1.82, 2.24) is 0 Å². The Morgan fingerprint density at radius 1 is 0.322 bits per heavy atom. The minimum atomic E-state index is 0. The van der Waals surface area contributed by atoms with Gasteiger partial charge in [0.15, 0.2) is 5.78 Å². The number of Topliss-reactive ketones (excluding diaryl/α,β-unsaturated/α-hetero) is 1. The Kier molecular flexibility index (Phi) is 54.8. The number of hydrogen-bond donors (Lipinski definition) is 0. The lowest BCUT2D eigenvalue weighted by molar-refractivity contribution is -0.910. The molecule has 0 aromatic heterocycles. The van der Waals surface area contributed by atoms with Crippen molar-refractivity contribution in [2.24, 2.45) is 0 Å². The number of halogens is 1. The topological polar surface area (TPSA) is 26.3 Å². The standard InChI is InChI=1S/C55H112NO2.HI/c1-5-8-11-14-17-20-23-25-27-29-30-32-34-36-39-42-45-48-51-56(4,50-47-44-41-38-22-19-16-13-10-7-3)52-53-58-54-55(57)49-46-43-40-37-35-33-31-28-26-24-21-18-15-12-9-6-2;/h5-54H2,1-4H3;1H/q+1;/p-1. The van der Waals surface area contributed by atoms with E-state index in [4.69, 9.17) is 4.74 Å². The zero-order valence-electron chi connectivity index (χ0n) is 41.5. The van der Waals surface area contributed by atoms with E-state index in [1.165, 1.54) is 289 Å². The molecular weight excluding hydrogens is 834 g/mol. The summed E-state index contributed by atoms with van der Waals surface area (Å²) in [4.78, 5) is 12.6. The maximum absolute atomic E-state index is 12.6. The number of ether oxygens (including phenoxy) is 1. The quantitative estimate of drug-likeness (QED) is 0.0345. The molecular formula is C55H112INO2. The molecule has 0 aliphatic rings. The van der Waals surface area contributed by atoms with Crippen LogP contribution in [0.5, 0.6) is 0 Å². The fourth-order valence-electron chi connectivity index (χ4n) is 9.12. The zero-order chi connectivity index (χ0) is 42.1. The molecule has 3 nitrogen and oxygen atoms in total. The third-order valence-corrected chi connectivity index (χ3v) is 13.5. The normalized spacial score (nSPS) is 12.5. The van der Waals surface area contributed by atoms with Crippen LogP contribution < -0.4 is 24.0 Å². The van der Waals surface area contributed by atoms with E-state index in [2.05, 4.69) is 27.8 Å². The Hall–Kier alpha value is 0.320. The summed E-state index contributed by atoms with van der Waals surface area (Å²) in [7, 11) is 2.48. The van der Waals surface area contributed by atoms with Crippen molar-refractivity contribution in [2.75, 3.05) is 39.9 Å². The fourth-order valence-corrected chi connectivity index (χ4v) is 9.12. The van der Waals surface area contributed by atoms with Crippen molar-refractivity contribution in [1.29, 1.82) is 0 Å². The van der Waals surface area contributed by atoms with Crippen LogP contribution in [-0.2, 0) is 9.53 Å². The average Bonchev–Trinajstić information content (AvgIpc) is 3.22. The van der Waals surface area contributed by atoms with Gasteiger partial charge in [-0.2, -0.15) is 0 Å². The van der Waals surface area contributed by atoms with E-state index >= 15 is 0 Å². The smallest absolute Gasteiger partial charge is 0.158 e.